The van der Waals surface area contributed by atoms with Crippen LogP contribution in [-0.4, -0.2) is 165 Å². The number of ether oxygens (including phenoxy) is 6. The van der Waals surface area contributed by atoms with Gasteiger partial charge in [-0.2, -0.15) is 0 Å². The first-order valence-corrected chi connectivity index (χ1v) is 16.0. The van der Waals surface area contributed by atoms with Crippen LogP contribution in [0.2, 0.25) is 0 Å². The molecule has 49 heavy (non-hydrogen) atoms. The Morgan fingerprint density at radius 1 is 0.857 bits per heavy atom. The topological polar surface area (TPSA) is 282 Å². The van der Waals surface area contributed by atoms with Gasteiger partial charge in [-0.3, -0.25) is 9.63 Å². The highest BCUT2D eigenvalue weighted by atomic mass is 16.8. The molecule has 11 N–H and O–H groups in total. The smallest absolute Gasteiger partial charge is 0.217 e. The zero-order valence-electron chi connectivity index (χ0n) is 27.2. The van der Waals surface area contributed by atoms with E-state index in [2.05, 4.69) is 22.7 Å². The molecule has 19 heteroatoms. The Bertz CT molecular complexity index is 1170. The van der Waals surface area contributed by atoms with Crippen molar-refractivity contribution >= 4 is 5.91 Å². The van der Waals surface area contributed by atoms with Gasteiger partial charge in [0, 0.05) is 24.6 Å². The number of aliphatic hydroxyl groups excluding tert-OH is 8. The van der Waals surface area contributed by atoms with Crippen LogP contribution in [0.5, 0.6) is 0 Å². The van der Waals surface area contributed by atoms with Crippen molar-refractivity contribution < 1.29 is 83.9 Å². The van der Waals surface area contributed by atoms with Crippen molar-refractivity contribution in [1.82, 2.24) is 10.8 Å². The summed E-state index contributed by atoms with van der Waals surface area (Å²) in [6, 6.07) is 0.593. The Kier molecular flexibility index (Phi) is 15.0. The number of hydrogen-bond donors (Lipinski definition) is 10. The third kappa shape index (κ3) is 10.1. The number of hydrogen-bond acceptors (Lipinski definition) is 17. The normalized spacial score (nSPS) is 39.9. The molecule has 0 saturated carbocycles. The molecule has 3 saturated heterocycles. The summed E-state index contributed by atoms with van der Waals surface area (Å²) in [6.45, 7) is 5.66. The van der Waals surface area contributed by atoms with Crippen molar-refractivity contribution in [1.29, 1.82) is 0 Å². The van der Waals surface area contributed by atoms with E-state index in [1.54, 1.807) is 12.4 Å². The monoisotopic (exact) mass is 707 g/mol. The minimum atomic E-state index is -1.86. The maximum absolute atomic E-state index is 12.4. The molecule has 15 atom stereocenters. The summed E-state index contributed by atoms with van der Waals surface area (Å²) in [6.07, 6.45) is -17.6. The van der Waals surface area contributed by atoms with Gasteiger partial charge in [0.2, 0.25) is 5.91 Å². The van der Waals surface area contributed by atoms with Crippen LogP contribution in [-0.2, 0) is 44.7 Å². The lowest BCUT2D eigenvalue weighted by molar-refractivity contribution is -0.379. The van der Waals surface area contributed by atoms with Gasteiger partial charge in [-0.25, -0.2) is 10.5 Å². The quantitative estimate of drug-likeness (QED) is 0.0602. The average Bonchev–Trinajstić information content (AvgIpc) is 3.07. The second-order valence-electron chi connectivity index (χ2n) is 12.2. The first kappa shape index (κ1) is 39.8. The van der Waals surface area contributed by atoms with E-state index in [0.29, 0.717) is 13.0 Å². The molecule has 3 aliphatic rings. The second kappa shape index (κ2) is 18.5. The molecule has 1 aromatic rings. The van der Waals surface area contributed by atoms with Crippen LogP contribution in [0.4, 0.5) is 0 Å². The summed E-state index contributed by atoms with van der Waals surface area (Å²) in [5.41, 5.74) is 4.48. The average molecular weight is 708 g/mol. The Morgan fingerprint density at radius 3 is 2.14 bits per heavy atom. The zero-order valence-corrected chi connectivity index (χ0v) is 27.2. The van der Waals surface area contributed by atoms with E-state index in [9.17, 15) is 45.6 Å². The number of amides is 1. The number of pyridine rings is 1. The van der Waals surface area contributed by atoms with Gasteiger partial charge < -0.3 is 74.6 Å². The van der Waals surface area contributed by atoms with Crippen molar-refractivity contribution in [2.75, 3.05) is 26.4 Å². The molecule has 3 fully saturated rings. The van der Waals surface area contributed by atoms with Crippen LogP contribution in [0, 0.1) is 6.92 Å². The van der Waals surface area contributed by atoms with Crippen LogP contribution >= 0.6 is 0 Å². The first-order valence-electron chi connectivity index (χ1n) is 16.0. The summed E-state index contributed by atoms with van der Waals surface area (Å²) in [5.74, 6) is -0.578. The number of hydroxylamine groups is 1. The van der Waals surface area contributed by atoms with E-state index in [0.717, 1.165) is 11.1 Å². The van der Waals surface area contributed by atoms with Crippen LogP contribution < -0.4 is 15.8 Å². The van der Waals surface area contributed by atoms with E-state index in [1.165, 1.54) is 13.8 Å². The molecular formula is C30H49N3O16+. The van der Waals surface area contributed by atoms with E-state index >= 15 is 0 Å². The second-order valence-corrected chi connectivity index (χ2v) is 12.2. The predicted molar refractivity (Wildman–Crippen MR) is 160 cm³/mol. The van der Waals surface area contributed by atoms with Gasteiger partial charge in [-0.1, -0.05) is 0 Å². The van der Waals surface area contributed by atoms with Gasteiger partial charge in [-0.15, -0.1) is 0 Å². The summed E-state index contributed by atoms with van der Waals surface area (Å²) in [5, 5.41) is 85.4. The maximum atomic E-state index is 12.4. The van der Waals surface area contributed by atoms with Crippen molar-refractivity contribution in [3.8, 4) is 0 Å². The van der Waals surface area contributed by atoms with E-state index in [-0.39, 0.29) is 13.2 Å². The van der Waals surface area contributed by atoms with Gasteiger partial charge in [0.05, 0.1) is 32.5 Å². The van der Waals surface area contributed by atoms with E-state index in [4.69, 9.17) is 33.3 Å². The Balaban J connectivity index is 1.51. The highest BCUT2D eigenvalue weighted by Crippen LogP contribution is 2.33. The molecule has 4 heterocycles. The molecular weight excluding hydrogens is 658 g/mol. The molecule has 1 radical (unpaired) electrons. The standard InChI is InChI=1S/C30H48N3O16/c1-13-7-16(9-31-8-13)12-44-32-5-4-6-43-28-19(33-15(3)36)27(49-30-25(42)23(40)21(38)17(10-34)46-30)26(18(11-35)47-28)48-29-24(41)22(39)20(37)14(2)45-29/h7-9,14,17-30,32,34-35,37-42H,1,4-6,10-12H2,2-3H3,(H,33,36)/p+1/t14?,17?,18?,19?,20-,21+,22+,23-,24?,25?,26-,27+,28-,29+,30+/m1/s1. The molecule has 0 aliphatic carbocycles. The van der Waals surface area contributed by atoms with Gasteiger partial charge in [-0.05, 0) is 26.3 Å². The number of carbonyl (C=O) groups is 1. The van der Waals surface area contributed by atoms with E-state index in [1.807, 2.05) is 6.07 Å². The third-order valence-electron chi connectivity index (χ3n) is 8.39. The zero-order chi connectivity index (χ0) is 35.8. The van der Waals surface area contributed by atoms with Crippen LogP contribution in [0.1, 0.15) is 31.4 Å². The number of H-pyrrole nitrogens is 1. The lowest BCUT2D eigenvalue weighted by atomic mass is 9.94. The Morgan fingerprint density at radius 2 is 1.49 bits per heavy atom. The van der Waals surface area contributed by atoms with Crippen molar-refractivity contribution in [3.63, 3.8) is 0 Å². The molecule has 1 aromatic heterocycles. The summed E-state index contributed by atoms with van der Waals surface area (Å²) in [4.78, 5) is 20.9. The highest BCUT2D eigenvalue weighted by molar-refractivity contribution is 5.73. The highest BCUT2D eigenvalue weighted by Gasteiger charge is 2.54. The number of nitrogens with one attached hydrogen (secondary N) is 3. The molecule has 0 bridgehead atoms. The fraction of sp³-hybridized carbons (Fsp3) is 0.767. The molecule has 0 aromatic carbocycles. The minimum Gasteiger partial charge on any atom is -0.394 e. The first-order chi connectivity index (χ1) is 23.4. The number of aliphatic hydroxyl groups is 8. The number of aromatic amines is 1. The summed E-state index contributed by atoms with van der Waals surface area (Å²) < 4.78 is 35.2. The SMILES string of the molecule is [CH2]c1c[nH+]cc(CONCCCO[C@@H]2OC(CO)[C@@H](O[C@@H]3OC(C)[C@@H](O)[C@H](O)C3O)[C@@H](O[C@@H]3OC(CO)[C@H](O)[C@@H](O)C3O)C2NC(C)=O)c1. The Hall–Kier alpha value is -2.02. The lowest BCUT2D eigenvalue weighted by Gasteiger charge is -2.50. The molecule has 1 amide bonds. The molecule has 0 spiro atoms. The summed E-state index contributed by atoms with van der Waals surface area (Å²) in [7, 11) is 0. The molecule has 6 unspecified atom stereocenters. The van der Waals surface area contributed by atoms with Crippen molar-refractivity contribution in [2.24, 2.45) is 0 Å². The third-order valence-corrected chi connectivity index (χ3v) is 8.39. The van der Waals surface area contributed by atoms with Gasteiger partial charge in [0.15, 0.2) is 31.3 Å². The largest absolute Gasteiger partial charge is 0.394 e. The molecule has 4 rings (SSSR count). The van der Waals surface area contributed by atoms with E-state index < -0.39 is 111 Å². The van der Waals surface area contributed by atoms with Crippen LogP contribution in [0.15, 0.2) is 18.5 Å². The number of carbonyl (C=O) groups excluding carboxylic acids is 1. The maximum Gasteiger partial charge on any atom is 0.217 e. The molecule has 279 valence electrons. The van der Waals surface area contributed by atoms with Gasteiger partial charge in [0.25, 0.3) is 0 Å². The number of aromatic nitrogens is 1. The van der Waals surface area contributed by atoms with Gasteiger partial charge in [0.1, 0.15) is 67.1 Å². The minimum absolute atomic E-state index is 0.0434. The Labute approximate surface area is 282 Å². The van der Waals surface area contributed by atoms with Crippen LogP contribution in [0.3, 0.4) is 0 Å². The number of rotatable bonds is 15. The van der Waals surface area contributed by atoms with Crippen molar-refractivity contribution in [2.45, 2.75) is 119 Å². The predicted octanol–water partition coefficient (Wildman–Crippen LogP) is -5.27. The van der Waals surface area contributed by atoms with Gasteiger partial charge >= 0.3 is 0 Å². The summed E-state index contributed by atoms with van der Waals surface area (Å²) >= 11 is 0. The fourth-order valence-corrected chi connectivity index (χ4v) is 5.73. The lowest BCUT2D eigenvalue weighted by Crippen LogP contribution is -2.69. The fourth-order valence-electron chi connectivity index (χ4n) is 5.73. The van der Waals surface area contributed by atoms with Crippen LogP contribution in [0.25, 0.3) is 0 Å². The van der Waals surface area contributed by atoms with Crippen molar-refractivity contribution in [3.05, 3.63) is 36.5 Å². The molecule has 3 aliphatic heterocycles. The molecule has 19 nitrogen and oxygen atoms in total.